The van der Waals surface area contributed by atoms with Gasteiger partial charge >= 0.3 is 0 Å². The van der Waals surface area contributed by atoms with Crippen LogP contribution in [0.5, 0.6) is 0 Å². The zero-order valence-electron chi connectivity index (χ0n) is 17.0. The molecule has 3 N–H and O–H groups in total. The summed E-state index contributed by atoms with van der Waals surface area (Å²) in [5.41, 5.74) is 2.04. The van der Waals surface area contributed by atoms with Crippen LogP contribution < -0.4 is 10.6 Å². The van der Waals surface area contributed by atoms with E-state index >= 15 is 0 Å². The molecule has 31 heavy (non-hydrogen) atoms. The van der Waals surface area contributed by atoms with Crippen LogP contribution in [0.4, 0.5) is 5.95 Å². The summed E-state index contributed by atoms with van der Waals surface area (Å²) in [6.07, 6.45) is 7.24. The van der Waals surface area contributed by atoms with E-state index in [-0.39, 0.29) is 23.8 Å². The molecule has 1 fully saturated rings. The van der Waals surface area contributed by atoms with Crippen molar-refractivity contribution in [2.45, 2.75) is 38.1 Å². The van der Waals surface area contributed by atoms with Gasteiger partial charge in [-0.2, -0.15) is 0 Å². The molecule has 0 spiro atoms. The van der Waals surface area contributed by atoms with Crippen LogP contribution in [0.3, 0.4) is 0 Å². The molecule has 0 aliphatic heterocycles. The first-order valence-electron chi connectivity index (χ1n) is 10.6. The van der Waals surface area contributed by atoms with Crippen molar-refractivity contribution < 1.29 is 9.59 Å². The third-order valence-corrected chi connectivity index (χ3v) is 5.79. The molecule has 7 heteroatoms. The fourth-order valence-corrected chi connectivity index (χ4v) is 4.16. The van der Waals surface area contributed by atoms with E-state index in [0.29, 0.717) is 22.3 Å². The Kier molecular flexibility index (Phi) is 5.08. The number of amides is 2. The number of hydrogen-bond donors (Lipinski definition) is 3. The number of H-pyrrole nitrogens is 1. The van der Waals surface area contributed by atoms with Crippen LogP contribution >= 0.6 is 0 Å². The number of anilines is 1. The Bertz CT molecular complexity index is 1270. The summed E-state index contributed by atoms with van der Waals surface area (Å²) in [5.74, 6) is -0.205. The number of imidazole rings is 1. The normalized spacial score (nSPS) is 14.6. The highest BCUT2D eigenvalue weighted by Gasteiger charge is 2.20. The maximum atomic E-state index is 12.8. The highest BCUT2D eigenvalue weighted by atomic mass is 16.2. The van der Waals surface area contributed by atoms with Gasteiger partial charge in [-0.05, 0) is 36.4 Å². The lowest BCUT2D eigenvalue weighted by Crippen LogP contribution is -2.36. The molecule has 0 bridgehead atoms. The lowest BCUT2D eigenvalue weighted by molar-refractivity contribution is 0.0928. The second kappa shape index (κ2) is 8.18. The van der Waals surface area contributed by atoms with Gasteiger partial charge in [0.05, 0.1) is 11.1 Å². The van der Waals surface area contributed by atoms with Crippen molar-refractivity contribution in [2.24, 2.45) is 0 Å². The van der Waals surface area contributed by atoms with Crippen LogP contribution in [0.2, 0.25) is 0 Å². The SMILES string of the molecule is O=C(Nc1nc2c(C(=O)NC3CCCCC3)cccc2[nH]1)c1cc2ccccc2cn1. The Balaban J connectivity index is 1.37. The maximum absolute atomic E-state index is 12.8. The van der Waals surface area contributed by atoms with E-state index < -0.39 is 0 Å². The third-order valence-electron chi connectivity index (χ3n) is 5.79. The number of rotatable bonds is 4. The molecular formula is C24H23N5O2. The number of carbonyl (C=O) groups excluding carboxylic acids is 2. The molecule has 156 valence electrons. The predicted octanol–water partition coefficient (Wildman–Crippen LogP) is 4.43. The van der Waals surface area contributed by atoms with Crippen LogP contribution in [-0.4, -0.2) is 32.8 Å². The van der Waals surface area contributed by atoms with Gasteiger partial charge in [-0.25, -0.2) is 4.98 Å². The fourth-order valence-electron chi connectivity index (χ4n) is 4.16. The molecule has 0 radical (unpaired) electrons. The smallest absolute Gasteiger partial charge is 0.276 e. The lowest BCUT2D eigenvalue weighted by atomic mass is 9.95. The largest absolute Gasteiger partial charge is 0.349 e. The number of fused-ring (bicyclic) bond motifs is 2. The molecule has 2 aromatic heterocycles. The van der Waals surface area contributed by atoms with E-state index in [1.54, 1.807) is 18.3 Å². The predicted molar refractivity (Wildman–Crippen MR) is 120 cm³/mol. The first kappa shape index (κ1) is 19.2. The summed E-state index contributed by atoms with van der Waals surface area (Å²) in [6.45, 7) is 0. The third kappa shape index (κ3) is 3.99. The molecule has 1 aliphatic rings. The van der Waals surface area contributed by atoms with Crippen molar-refractivity contribution in [2.75, 3.05) is 5.32 Å². The lowest BCUT2D eigenvalue weighted by Gasteiger charge is -2.22. The monoisotopic (exact) mass is 413 g/mol. The fraction of sp³-hybridized carbons (Fsp3) is 0.250. The van der Waals surface area contributed by atoms with E-state index in [0.717, 1.165) is 36.5 Å². The van der Waals surface area contributed by atoms with Gasteiger partial charge < -0.3 is 10.3 Å². The van der Waals surface area contributed by atoms with E-state index in [2.05, 4.69) is 25.6 Å². The number of aromatic amines is 1. The van der Waals surface area contributed by atoms with Gasteiger partial charge in [0.2, 0.25) is 5.95 Å². The zero-order chi connectivity index (χ0) is 21.2. The van der Waals surface area contributed by atoms with Crippen molar-refractivity contribution in [3.05, 3.63) is 66.0 Å². The summed E-state index contributed by atoms with van der Waals surface area (Å²) >= 11 is 0. The number of benzene rings is 2. The summed E-state index contributed by atoms with van der Waals surface area (Å²) in [7, 11) is 0. The van der Waals surface area contributed by atoms with Crippen molar-refractivity contribution >= 4 is 39.6 Å². The molecule has 0 atom stereocenters. The van der Waals surface area contributed by atoms with Crippen LogP contribution in [0.15, 0.2) is 54.7 Å². The summed E-state index contributed by atoms with van der Waals surface area (Å²) in [5, 5.41) is 7.80. The highest BCUT2D eigenvalue weighted by molar-refractivity contribution is 6.07. The van der Waals surface area contributed by atoms with Gasteiger partial charge in [-0.3, -0.25) is 19.9 Å². The van der Waals surface area contributed by atoms with Crippen molar-refractivity contribution in [3.63, 3.8) is 0 Å². The molecule has 1 aliphatic carbocycles. The molecule has 2 amide bonds. The summed E-state index contributed by atoms with van der Waals surface area (Å²) in [4.78, 5) is 37.4. The Morgan fingerprint density at radius 1 is 0.935 bits per heavy atom. The van der Waals surface area contributed by atoms with Crippen LogP contribution in [0.25, 0.3) is 21.8 Å². The molecule has 4 aromatic rings. The molecule has 7 nitrogen and oxygen atoms in total. The van der Waals surface area contributed by atoms with Crippen LogP contribution in [0.1, 0.15) is 53.0 Å². The number of carbonyl (C=O) groups is 2. The van der Waals surface area contributed by atoms with E-state index in [1.807, 2.05) is 36.4 Å². The first-order chi connectivity index (χ1) is 15.2. The molecule has 1 saturated carbocycles. The van der Waals surface area contributed by atoms with E-state index in [1.165, 1.54) is 6.42 Å². The van der Waals surface area contributed by atoms with Crippen molar-refractivity contribution in [3.8, 4) is 0 Å². The quantitative estimate of drug-likeness (QED) is 0.461. The van der Waals surface area contributed by atoms with Gasteiger partial charge in [0.25, 0.3) is 11.8 Å². The van der Waals surface area contributed by atoms with Gasteiger partial charge in [0.1, 0.15) is 11.2 Å². The molecule has 2 heterocycles. The second-order valence-electron chi connectivity index (χ2n) is 7.97. The molecule has 0 unspecified atom stereocenters. The van der Waals surface area contributed by atoms with Crippen molar-refractivity contribution in [1.82, 2.24) is 20.3 Å². The van der Waals surface area contributed by atoms with Crippen LogP contribution in [-0.2, 0) is 0 Å². The molecule has 0 saturated heterocycles. The van der Waals surface area contributed by atoms with Gasteiger partial charge in [0.15, 0.2) is 0 Å². The summed E-state index contributed by atoms with van der Waals surface area (Å²) < 4.78 is 0. The van der Waals surface area contributed by atoms with Crippen molar-refractivity contribution in [1.29, 1.82) is 0 Å². The number of nitrogens with one attached hydrogen (secondary N) is 3. The first-order valence-corrected chi connectivity index (χ1v) is 10.6. The van der Waals surface area contributed by atoms with Gasteiger partial charge in [0, 0.05) is 17.6 Å². The second-order valence-corrected chi connectivity index (χ2v) is 7.97. The average molecular weight is 413 g/mol. The minimum Gasteiger partial charge on any atom is -0.349 e. The Hall–Kier alpha value is -3.74. The minimum absolute atomic E-state index is 0.127. The van der Waals surface area contributed by atoms with E-state index in [9.17, 15) is 9.59 Å². The number of pyridine rings is 1. The van der Waals surface area contributed by atoms with Gasteiger partial charge in [-0.15, -0.1) is 0 Å². The topological polar surface area (TPSA) is 99.8 Å². The zero-order valence-corrected chi connectivity index (χ0v) is 17.0. The standard InChI is InChI=1S/C24H23N5O2/c30-22(26-17-9-2-1-3-10-17)18-11-6-12-19-21(18)28-24(27-19)29-23(31)20-13-15-7-4-5-8-16(15)14-25-20/h4-8,11-14,17H,1-3,9-10H2,(H,26,30)(H2,27,28,29,31). The minimum atomic E-state index is -0.363. The highest BCUT2D eigenvalue weighted by Crippen LogP contribution is 2.22. The number of hydrogen-bond acceptors (Lipinski definition) is 4. The Morgan fingerprint density at radius 3 is 2.58 bits per heavy atom. The molecule has 2 aromatic carbocycles. The van der Waals surface area contributed by atoms with Gasteiger partial charge in [-0.1, -0.05) is 49.6 Å². The molecular weight excluding hydrogens is 390 g/mol. The van der Waals surface area contributed by atoms with E-state index in [4.69, 9.17) is 0 Å². The number of para-hydroxylation sites is 1. The van der Waals surface area contributed by atoms with Crippen LogP contribution in [0, 0.1) is 0 Å². The maximum Gasteiger partial charge on any atom is 0.276 e. The summed E-state index contributed by atoms with van der Waals surface area (Å²) in [6, 6.07) is 15.1. The number of aromatic nitrogens is 3. The Morgan fingerprint density at radius 2 is 1.74 bits per heavy atom. The molecule has 5 rings (SSSR count). The number of nitrogens with zero attached hydrogens (tertiary/aromatic N) is 2. The Labute approximate surface area is 179 Å². The average Bonchev–Trinajstić information content (AvgIpc) is 3.21.